The number of aromatic hydroxyl groups is 1. The van der Waals surface area contributed by atoms with Crippen molar-refractivity contribution in [3.05, 3.63) is 53.6 Å². The van der Waals surface area contributed by atoms with Gasteiger partial charge in [0.15, 0.2) is 0 Å². The number of carbonyl (C=O) groups excluding carboxylic acids is 2. The standard InChI is InChI=1S/C20H23N3O3/c1-14-4-3-5-16(12-14)22-8-10-23(11-9-22)20(26)19(25)21-17-7-6-15(2)13-18(17)24/h3-7,12-13,24H,8-11H2,1-2H3,(H,21,25). The zero-order valence-corrected chi connectivity index (χ0v) is 15.0. The molecule has 26 heavy (non-hydrogen) atoms. The number of rotatable bonds is 2. The second kappa shape index (κ2) is 7.47. The summed E-state index contributed by atoms with van der Waals surface area (Å²) in [5.74, 6) is -1.35. The summed E-state index contributed by atoms with van der Waals surface area (Å²) in [6.07, 6.45) is 0. The van der Waals surface area contributed by atoms with Crippen molar-refractivity contribution in [2.24, 2.45) is 0 Å². The molecule has 0 bridgehead atoms. The van der Waals surface area contributed by atoms with Gasteiger partial charge < -0.3 is 20.2 Å². The average molecular weight is 353 g/mol. The van der Waals surface area contributed by atoms with E-state index in [-0.39, 0.29) is 11.4 Å². The van der Waals surface area contributed by atoms with Crippen LogP contribution in [0.2, 0.25) is 0 Å². The summed E-state index contributed by atoms with van der Waals surface area (Å²) in [6.45, 7) is 6.22. The second-order valence-corrected chi connectivity index (χ2v) is 6.59. The van der Waals surface area contributed by atoms with Gasteiger partial charge in [0, 0.05) is 31.9 Å². The molecule has 6 heteroatoms. The fourth-order valence-corrected chi connectivity index (χ4v) is 3.06. The Morgan fingerprint density at radius 3 is 2.31 bits per heavy atom. The minimum atomic E-state index is -0.729. The molecule has 1 fully saturated rings. The van der Waals surface area contributed by atoms with E-state index in [1.807, 2.05) is 26.0 Å². The van der Waals surface area contributed by atoms with Crippen molar-refractivity contribution < 1.29 is 14.7 Å². The van der Waals surface area contributed by atoms with E-state index in [1.165, 1.54) is 5.56 Å². The van der Waals surface area contributed by atoms with Gasteiger partial charge in [-0.1, -0.05) is 18.2 Å². The largest absolute Gasteiger partial charge is 0.506 e. The molecule has 1 saturated heterocycles. The Morgan fingerprint density at radius 1 is 0.962 bits per heavy atom. The van der Waals surface area contributed by atoms with Crippen LogP contribution in [0, 0.1) is 13.8 Å². The van der Waals surface area contributed by atoms with Gasteiger partial charge in [-0.15, -0.1) is 0 Å². The van der Waals surface area contributed by atoms with Gasteiger partial charge in [-0.25, -0.2) is 0 Å². The molecule has 1 aliphatic rings. The highest BCUT2D eigenvalue weighted by Gasteiger charge is 2.26. The Kier molecular flexibility index (Phi) is 5.11. The molecule has 136 valence electrons. The molecule has 1 heterocycles. The number of hydrogen-bond acceptors (Lipinski definition) is 4. The predicted molar refractivity (Wildman–Crippen MR) is 101 cm³/mol. The first-order chi connectivity index (χ1) is 12.4. The molecule has 2 aromatic carbocycles. The number of aryl methyl sites for hydroxylation is 2. The van der Waals surface area contributed by atoms with Crippen LogP contribution in [0.5, 0.6) is 5.75 Å². The molecule has 1 aliphatic heterocycles. The SMILES string of the molecule is Cc1cccc(N2CCN(C(=O)C(=O)Nc3ccc(C)cc3O)CC2)c1. The zero-order valence-electron chi connectivity index (χ0n) is 15.0. The lowest BCUT2D eigenvalue weighted by Gasteiger charge is -2.35. The van der Waals surface area contributed by atoms with Gasteiger partial charge >= 0.3 is 11.8 Å². The summed E-state index contributed by atoms with van der Waals surface area (Å²) >= 11 is 0. The number of phenolic OH excluding ortho intramolecular Hbond substituents is 1. The molecule has 0 saturated carbocycles. The lowest BCUT2D eigenvalue weighted by atomic mass is 10.2. The summed E-state index contributed by atoms with van der Waals surface area (Å²) in [5, 5.41) is 12.4. The molecule has 3 rings (SSSR count). The van der Waals surface area contributed by atoms with Crippen LogP contribution in [0.1, 0.15) is 11.1 Å². The molecule has 2 amide bonds. The molecule has 0 unspecified atom stereocenters. The Morgan fingerprint density at radius 2 is 1.65 bits per heavy atom. The first kappa shape index (κ1) is 17.8. The number of hydrogen-bond donors (Lipinski definition) is 2. The molecule has 6 nitrogen and oxygen atoms in total. The molecule has 0 aliphatic carbocycles. The summed E-state index contributed by atoms with van der Waals surface area (Å²) < 4.78 is 0. The van der Waals surface area contributed by atoms with Gasteiger partial charge in [-0.2, -0.15) is 0 Å². The maximum atomic E-state index is 12.4. The Hall–Kier alpha value is -3.02. The molecule has 0 aromatic heterocycles. The monoisotopic (exact) mass is 353 g/mol. The number of anilines is 2. The first-order valence-electron chi connectivity index (χ1n) is 8.65. The summed E-state index contributed by atoms with van der Waals surface area (Å²) in [6, 6.07) is 13.1. The van der Waals surface area contributed by atoms with Crippen molar-refractivity contribution in [1.29, 1.82) is 0 Å². The van der Waals surface area contributed by atoms with Crippen LogP contribution in [-0.4, -0.2) is 48.0 Å². The normalized spacial score (nSPS) is 14.2. The van der Waals surface area contributed by atoms with E-state index < -0.39 is 11.8 Å². The van der Waals surface area contributed by atoms with Gasteiger partial charge in [0.1, 0.15) is 5.75 Å². The predicted octanol–water partition coefficient (Wildman–Crippen LogP) is 2.30. The Balaban J connectivity index is 1.58. The molecular formula is C20H23N3O3. The van der Waals surface area contributed by atoms with Crippen LogP contribution in [0.25, 0.3) is 0 Å². The molecule has 0 atom stereocenters. The topological polar surface area (TPSA) is 72.9 Å². The van der Waals surface area contributed by atoms with Gasteiger partial charge in [0.25, 0.3) is 0 Å². The van der Waals surface area contributed by atoms with Crippen molar-refractivity contribution in [3.8, 4) is 5.75 Å². The third-order valence-corrected chi connectivity index (χ3v) is 4.53. The Labute approximate surface area is 153 Å². The summed E-state index contributed by atoms with van der Waals surface area (Å²) in [5.41, 5.74) is 3.44. The van der Waals surface area contributed by atoms with Crippen LogP contribution in [-0.2, 0) is 9.59 Å². The van der Waals surface area contributed by atoms with E-state index in [1.54, 1.807) is 23.1 Å². The van der Waals surface area contributed by atoms with E-state index >= 15 is 0 Å². The highest BCUT2D eigenvalue weighted by molar-refractivity contribution is 6.39. The molecule has 0 radical (unpaired) electrons. The highest BCUT2D eigenvalue weighted by Crippen LogP contribution is 2.24. The number of carbonyl (C=O) groups is 2. The van der Waals surface area contributed by atoms with Crippen LogP contribution >= 0.6 is 0 Å². The third kappa shape index (κ3) is 3.96. The van der Waals surface area contributed by atoms with Gasteiger partial charge in [0.2, 0.25) is 0 Å². The minimum Gasteiger partial charge on any atom is -0.506 e. The van der Waals surface area contributed by atoms with Crippen LogP contribution in [0.3, 0.4) is 0 Å². The van der Waals surface area contributed by atoms with Gasteiger partial charge in [0.05, 0.1) is 5.69 Å². The van der Waals surface area contributed by atoms with Crippen molar-refractivity contribution in [3.63, 3.8) is 0 Å². The van der Waals surface area contributed by atoms with Crippen LogP contribution < -0.4 is 10.2 Å². The zero-order chi connectivity index (χ0) is 18.7. The molecule has 2 N–H and O–H groups in total. The summed E-state index contributed by atoms with van der Waals surface area (Å²) in [7, 11) is 0. The Bertz CT molecular complexity index is 827. The molecular weight excluding hydrogens is 330 g/mol. The van der Waals surface area contributed by atoms with Gasteiger partial charge in [-0.05, 0) is 49.2 Å². The lowest BCUT2D eigenvalue weighted by Crippen LogP contribution is -2.51. The van der Waals surface area contributed by atoms with E-state index in [9.17, 15) is 14.7 Å². The molecule has 0 spiro atoms. The van der Waals surface area contributed by atoms with Crippen molar-refractivity contribution >= 4 is 23.2 Å². The maximum Gasteiger partial charge on any atom is 0.314 e. The van der Waals surface area contributed by atoms with E-state index in [0.29, 0.717) is 26.2 Å². The van der Waals surface area contributed by atoms with E-state index in [0.717, 1.165) is 11.3 Å². The fourth-order valence-electron chi connectivity index (χ4n) is 3.06. The average Bonchev–Trinajstić information content (AvgIpc) is 2.63. The fraction of sp³-hybridized carbons (Fsp3) is 0.300. The number of phenols is 1. The van der Waals surface area contributed by atoms with E-state index in [4.69, 9.17) is 0 Å². The first-order valence-corrected chi connectivity index (χ1v) is 8.65. The van der Waals surface area contributed by atoms with E-state index in [2.05, 4.69) is 22.3 Å². The smallest absolute Gasteiger partial charge is 0.314 e. The molecule has 2 aromatic rings. The van der Waals surface area contributed by atoms with Crippen molar-refractivity contribution in [2.45, 2.75) is 13.8 Å². The van der Waals surface area contributed by atoms with Gasteiger partial charge in [-0.3, -0.25) is 9.59 Å². The highest BCUT2D eigenvalue weighted by atomic mass is 16.3. The third-order valence-electron chi connectivity index (χ3n) is 4.53. The lowest BCUT2D eigenvalue weighted by molar-refractivity contribution is -0.143. The van der Waals surface area contributed by atoms with Crippen molar-refractivity contribution in [1.82, 2.24) is 4.90 Å². The quantitative estimate of drug-likeness (QED) is 0.642. The number of piperazine rings is 1. The number of benzene rings is 2. The number of nitrogens with one attached hydrogen (secondary N) is 1. The second-order valence-electron chi connectivity index (χ2n) is 6.59. The number of amides is 2. The number of nitrogens with zero attached hydrogens (tertiary/aromatic N) is 2. The van der Waals surface area contributed by atoms with Crippen molar-refractivity contribution in [2.75, 3.05) is 36.4 Å². The summed E-state index contributed by atoms with van der Waals surface area (Å²) in [4.78, 5) is 28.4. The minimum absolute atomic E-state index is 0.0459. The van der Waals surface area contributed by atoms with Crippen LogP contribution in [0.15, 0.2) is 42.5 Å². The maximum absolute atomic E-state index is 12.4. The van der Waals surface area contributed by atoms with Crippen LogP contribution in [0.4, 0.5) is 11.4 Å².